The molecule has 0 spiro atoms. The Morgan fingerprint density at radius 3 is 2.80 bits per heavy atom. The van der Waals surface area contributed by atoms with Crippen LogP contribution in [0.2, 0.25) is 0 Å². The van der Waals surface area contributed by atoms with Crippen molar-refractivity contribution in [2.75, 3.05) is 13.7 Å². The molecule has 0 aliphatic rings. The molecule has 0 N–H and O–H groups in total. The van der Waals surface area contributed by atoms with E-state index in [1.54, 1.807) is 20.3 Å². The SMILES string of the molecule is CCOC(=O)CC(c1cccc(OC)c1)c1ccco1. The minimum absolute atomic E-state index is 0.167. The van der Waals surface area contributed by atoms with Gasteiger partial charge in [0.05, 0.1) is 32.3 Å². The molecular weight excluding hydrogens is 256 g/mol. The van der Waals surface area contributed by atoms with Gasteiger partial charge < -0.3 is 13.9 Å². The number of carbonyl (C=O) groups excluding carboxylic acids is 1. The Morgan fingerprint density at radius 1 is 1.30 bits per heavy atom. The van der Waals surface area contributed by atoms with E-state index in [1.165, 1.54) is 0 Å². The summed E-state index contributed by atoms with van der Waals surface area (Å²) in [6, 6.07) is 11.3. The fourth-order valence-electron chi connectivity index (χ4n) is 2.12. The van der Waals surface area contributed by atoms with Crippen LogP contribution in [0.15, 0.2) is 47.1 Å². The Morgan fingerprint density at radius 2 is 2.15 bits per heavy atom. The molecule has 1 aromatic carbocycles. The van der Waals surface area contributed by atoms with Crippen LogP contribution >= 0.6 is 0 Å². The van der Waals surface area contributed by atoms with Gasteiger partial charge in [0.1, 0.15) is 11.5 Å². The first-order valence-corrected chi connectivity index (χ1v) is 6.57. The molecule has 0 fully saturated rings. The quantitative estimate of drug-likeness (QED) is 0.758. The lowest BCUT2D eigenvalue weighted by molar-refractivity contribution is -0.143. The third kappa shape index (κ3) is 3.41. The van der Waals surface area contributed by atoms with Gasteiger partial charge in [-0.05, 0) is 36.8 Å². The van der Waals surface area contributed by atoms with Crippen molar-refractivity contribution in [3.8, 4) is 5.75 Å². The highest BCUT2D eigenvalue weighted by atomic mass is 16.5. The first kappa shape index (κ1) is 14.2. The predicted octanol–water partition coefficient (Wildman–Crippen LogP) is 3.37. The third-order valence-corrected chi connectivity index (χ3v) is 3.06. The fraction of sp³-hybridized carbons (Fsp3) is 0.312. The van der Waals surface area contributed by atoms with Crippen LogP contribution in [0.4, 0.5) is 0 Å². The van der Waals surface area contributed by atoms with E-state index in [2.05, 4.69) is 0 Å². The number of hydrogen-bond donors (Lipinski definition) is 0. The molecule has 0 saturated heterocycles. The van der Waals surface area contributed by atoms with Crippen molar-refractivity contribution in [3.05, 3.63) is 54.0 Å². The maximum absolute atomic E-state index is 11.8. The van der Waals surface area contributed by atoms with Gasteiger partial charge in [-0.1, -0.05) is 12.1 Å². The van der Waals surface area contributed by atoms with Crippen molar-refractivity contribution in [1.29, 1.82) is 0 Å². The number of hydrogen-bond acceptors (Lipinski definition) is 4. The number of carbonyl (C=O) groups is 1. The fourth-order valence-corrected chi connectivity index (χ4v) is 2.12. The summed E-state index contributed by atoms with van der Waals surface area (Å²) < 4.78 is 15.7. The predicted molar refractivity (Wildman–Crippen MR) is 74.8 cm³/mol. The lowest BCUT2D eigenvalue weighted by Crippen LogP contribution is -2.11. The third-order valence-electron chi connectivity index (χ3n) is 3.06. The summed E-state index contributed by atoms with van der Waals surface area (Å²) in [5.41, 5.74) is 0.965. The summed E-state index contributed by atoms with van der Waals surface area (Å²) in [6.07, 6.45) is 1.85. The average Bonchev–Trinajstić information content (AvgIpc) is 2.99. The Hall–Kier alpha value is -2.23. The van der Waals surface area contributed by atoms with Crippen LogP contribution in [0.3, 0.4) is 0 Å². The number of benzene rings is 1. The Bertz CT molecular complexity index is 545. The van der Waals surface area contributed by atoms with Crippen molar-refractivity contribution in [2.45, 2.75) is 19.3 Å². The molecule has 1 heterocycles. The lowest BCUT2D eigenvalue weighted by Gasteiger charge is -2.15. The second-order valence-corrected chi connectivity index (χ2v) is 4.35. The molecular formula is C16H18O4. The summed E-state index contributed by atoms with van der Waals surface area (Å²) in [5.74, 6) is 1.09. The van der Waals surface area contributed by atoms with E-state index in [-0.39, 0.29) is 18.3 Å². The van der Waals surface area contributed by atoms with Crippen molar-refractivity contribution in [1.82, 2.24) is 0 Å². The molecule has 4 nitrogen and oxygen atoms in total. The molecule has 0 amide bonds. The van der Waals surface area contributed by atoms with Crippen molar-refractivity contribution >= 4 is 5.97 Å². The van der Waals surface area contributed by atoms with Gasteiger partial charge in [0, 0.05) is 0 Å². The summed E-state index contributed by atoms with van der Waals surface area (Å²) in [7, 11) is 1.62. The zero-order chi connectivity index (χ0) is 14.4. The maximum Gasteiger partial charge on any atom is 0.306 e. The molecule has 1 aromatic heterocycles. The molecule has 0 bridgehead atoms. The Labute approximate surface area is 118 Å². The van der Waals surface area contributed by atoms with Crippen LogP contribution in [-0.2, 0) is 9.53 Å². The van der Waals surface area contributed by atoms with Gasteiger partial charge >= 0.3 is 5.97 Å². The molecule has 2 aromatic rings. The number of rotatable bonds is 6. The van der Waals surface area contributed by atoms with Crippen molar-refractivity contribution in [2.24, 2.45) is 0 Å². The Balaban J connectivity index is 2.28. The van der Waals surface area contributed by atoms with Crippen LogP contribution in [0.5, 0.6) is 5.75 Å². The minimum atomic E-state index is -0.239. The van der Waals surface area contributed by atoms with Crippen LogP contribution in [0.1, 0.15) is 30.6 Å². The van der Waals surface area contributed by atoms with Crippen LogP contribution in [0.25, 0.3) is 0 Å². The summed E-state index contributed by atoms with van der Waals surface area (Å²) >= 11 is 0. The van der Waals surface area contributed by atoms with Crippen molar-refractivity contribution in [3.63, 3.8) is 0 Å². The number of methoxy groups -OCH3 is 1. The van der Waals surface area contributed by atoms with Crippen LogP contribution < -0.4 is 4.74 Å². The lowest BCUT2D eigenvalue weighted by atomic mass is 9.93. The van der Waals surface area contributed by atoms with E-state index in [9.17, 15) is 4.79 Å². The van der Waals surface area contributed by atoms with Gasteiger partial charge in [-0.15, -0.1) is 0 Å². The zero-order valence-electron chi connectivity index (χ0n) is 11.7. The van der Waals surface area contributed by atoms with E-state index >= 15 is 0 Å². The largest absolute Gasteiger partial charge is 0.497 e. The topological polar surface area (TPSA) is 48.7 Å². The van der Waals surface area contributed by atoms with Gasteiger partial charge in [-0.3, -0.25) is 4.79 Å². The normalized spacial score (nSPS) is 11.9. The van der Waals surface area contributed by atoms with Crippen LogP contribution in [-0.4, -0.2) is 19.7 Å². The minimum Gasteiger partial charge on any atom is -0.497 e. The highest BCUT2D eigenvalue weighted by Gasteiger charge is 2.21. The van der Waals surface area contributed by atoms with Gasteiger partial charge in [-0.2, -0.15) is 0 Å². The summed E-state index contributed by atoms with van der Waals surface area (Å²) in [6.45, 7) is 2.17. The summed E-state index contributed by atoms with van der Waals surface area (Å²) in [4.78, 5) is 11.8. The zero-order valence-corrected chi connectivity index (χ0v) is 11.7. The molecule has 0 saturated carbocycles. The highest BCUT2D eigenvalue weighted by Crippen LogP contribution is 2.30. The molecule has 106 valence electrons. The van der Waals surface area contributed by atoms with E-state index in [1.807, 2.05) is 36.4 Å². The number of furan rings is 1. The maximum atomic E-state index is 11.8. The van der Waals surface area contributed by atoms with E-state index in [4.69, 9.17) is 13.9 Å². The second-order valence-electron chi connectivity index (χ2n) is 4.35. The average molecular weight is 274 g/mol. The van der Waals surface area contributed by atoms with E-state index in [0.717, 1.165) is 17.1 Å². The van der Waals surface area contributed by atoms with Gasteiger partial charge in [0.2, 0.25) is 0 Å². The van der Waals surface area contributed by atoms with Gasteiger partial charge in [0.25, 0.3) is 0 Å². The van der Waals surface area contributed by atoms with Crippen molar-refractivity contribution < 1.29 is 18.7 Å². The molecule has 1 atom stereocenters. The van der Waals surface area contributed by atoms with E-state index < -0.39 is 0 Å². The smallest absolute Gasteiger partial charge is 0.306 e. The second kappa shape index (κ2) is 6.80. The number of ether oxygens (including phenoxy) is 2. The van der Waals surface area contributed by atoms with Crippen LogP contribution in [0, 0.1) is 0 Å². The van der Waals surface area contributed by atoms with E-state index in [0.29, 0.717) is 6.61 Å². The first-order valence-electron chi connectivity index (χ1n) is 6.57. The number of esters is 1. The monoisotopic (exact) mass is 274 g/mol. The highest BCUT2D eigenvalue weighted by molar-refractivity contribution is 5.71. The molecule has 1 unspecified atom stereocenters. The molecule has 4 heteroatoms. The molecule has 2 rings (SSSR count). The Kier molecular flexibility index (Phi) is 4.82. The molecule has 20 heavy (non-hydrogen) atoms. The standard InChI is InChI=1S/C16H18O4/c1-3-19-16(17)11-14(15-8-5-9-20-15)12-6-4-7-13(10-12)18-2/h4-10,14H,3,11H2,1-2H3. The van der Waals surface area contributed by atoms with Gasteiger partial charge in [0.15, 0.2) is 0 Å². The summed E-state index contributed by atoms with van der Waals surface area (Å²) in [5, 5.41) is 0. The molecule has 0 aliphatic carbocycles. The van der Waals surface area contributed by atoms with Gasteiger partial charge in [-0.25, -0.2) is 0 Å². The molecule has 0 aliphatic heterocycles. The first-order chi connectivity index (χ1) is 9.74. The molecule has 0 radical (unpaired) electrons.